The van der Waals surface area contributed by atoms with Crippen LogP contribution in [0.25, 0.3) is 10.7 Å². The van der Waals surface area contributed by atoms with E-state index in [0.717, 1.165) is 16.9 Å². The molecule has 146 valence electrons. The van der Waals surface area contributed by atoms with Gasteiger partial charge in [-0.3, -0.25) is 4.79 Å². The number of hydrogen-bond donors (Lipinski definition) is 2. The standard InChI is InChI=1S/C18H17N3O5S2/c1-10-15(12-6-4-3-5-7-12)18(10,17(22)23)21-28(24,25)14-9-8-13(27-14)16-19-11(2)26-20-16/h3-10,15,21H,1-2H3,(H,22,23)/t10-,15-,18+/m1/s1. The second kappa shape index (κ2) is 6.50. The van der Waals surface area contributed by atoms with Crippen LogP contribution in [0.4, 0.5) is 0 Å². The van der Waals surface area contributed by atoms with E-state index in [1.54, 1.807) is 32.0 Å². The van der Waals surface area contributed by atoms with Crippen molar-refractivity contribution in [2.75, 3.05) is 0 Å². The number of nitrogens with one attached hydrogen (secondary N) is 1. The number of rotatable bonds is 6. The summed E-state index contributed by atoms with van der Waals surface area (Å²) in [6.45, 7) is 3.37. The zero-order valence-electron chi connectivity index (χ0n) is 15.0. The molecule has 0 radical (unpaired) electrons. The smallest absolute Gasteiger partial charge is 0.325 e. The molecular weight excluding hydrogens is 402 g/mol. The minimum atomic E-state index is -4.05. The normalized spacial score (nSPS) is 24.2. The van der Waals surface area contributed by atoms with Crippen LogP contribution >= 0.6 is 11.3 Å². The highest BCUT2D eigenvalue weighted by Crippen LogP contribution is 2.58. The maximum absolute atomic E-state index is 12.9. The van der Waals surface area contributed by atoms with Crippen molar-refractivity contribution in [2.24, 2.45) is 5.92 Å². The molecule has 0 spiro atoms. The summed E-state index contributed by atoms with van der Waals surface area (Å²) in [5.74, 6) is -1.36. The zero-order valence-corrected chi connectivity index (χ0v) is 16.6. The summed E-state index contributed by atoms with van der Waals surface area (Å²) in [6.07, 6.45) is 0. The maximum Gasteiger partial charge on any atom is 0.325 e. The van der Waals surface area contributed by atoms with E-state index in [1.165, 1.54) is 6.07 Å². The second-order valence-electron chi connectivity index (χ2n) is 6.71. The van der Waals surface area contributed by atoms with Crippen molar-refractivity contribution in [3.8, 4) is 10.7 Å². The molecule has 3 aromatic rings. The minimum Gasteiger partial charge on any atom is -0.480 e. The van der Waals surface area contributed by atoms with Crippen LogP contribution in [0.5, 0.6) is 0 Å². The number of sulfonamides is 1. The molecule has 0 aliphatic heterocycles. The molecule has 2 aromatic heterocycles. The predicted octanol–water partition coefficient (Wildman–Crippen LogP) is 2.64. The SMILES string of the molecule is Cc1nc(-c2ccc(S(=O)(=O)N[C@@]3(C(=O)O)[C@H](C)[C@@H]3c3ccccc3)s2)no1. The number of nitrogens with zero attached hydrogens (tertiary/aromatic N) is 2. The molecule has 10 heteroatoms. The van der Waals surface area contributed by atoms with Gasteiger partial charge in [0.25, 0.3) is 10.0 Å². The Morgan fingerprint density at radius 3 is 2.57 bits per heavy atom. The fourth-order valence-corrected chi connectivity index (χ4v) is 6.25. The van der Waals surface area contributed by atoms with E-state index in [4.69, 9.17) is 4.52 Å². The summed E-state index contributed by atoms with van der Waals surface area (Å²) in [7, 11) is -4.05. The number of aromatic nitrogens is 2. The molecule has 0 bridgehead atoms. The molecule has 1 aliphatic carbocycles. The van der Waals surface area contributed by atoms with Gasteiger partial charge in [0.1, 0.15) is 9.75 Å². The number of aliphatic carboxylic acids is 1. The van der Waals surface area contributed by atoms with E-state index >= 15 is 0 Å². The summed E-state index contributed by atoms with van der Waals surface area (Å²) in [6, 6.07) is 12.0. The maximum atomic E-state index is 12.9. The minimum absolute atomic E-state index is 0.00325. The van der Waals surface area contributed by atoms with Gasteiger partial charge in [0.15, 0.2) is 0 Å². The number of aryl methyl sites for hydroxylation is 1. The first-order valence-electron chi connectivity index (χ1n) is 8.48. The fourth-order valence-electron chi connectivity index (χ4n) is 3.56. The largest absolute Gasteiger partial charge is 0.480 e. The Balaban J connectivity index is 1.65. The quantitative estimate of drug-likeness (QED) is 0.630. The molecule has 0 amide bonds. The molecule has 2 N–H and O–H groups in total. The van der Waals surface area contributed by atoms with Gasteiger partial charge in [-0.05, 0) is 23.6 Å². The number of hydrogen-bond acceptors (Lipinski definition) is 7. The predicted molar refractivity (Wildman–Crippen MR) is 101 cm³/mol. The van der Waals surface area contributed by atoms with Gasteiger partial charge < -0.3 is 9.63 Å². The Labute approximate surface area is 165 Å². The molecule has 1 saturated carbocycles. The van der Waals surface area contributed by atoms with E-state index < -0.39 is 27.4 Å². The fraction of sp³-hybridized carbons (Fsp3) is 0.278. The summed E-state index contributed by atoms with van der Waals surface area (Å²) in [5, 5.41) is 13.6. The molecule has 1 aliphatic rings. The third kappa shape index (κ3) is 2.93. The van der Waals surface area contributed by atoms with Crippen LogP contribution in [0.15, 0.2) is 51.2 Å². The lowest BCUT2D eigenvalue weighted by Gasteiger charge is -2.15. The van der Waals surface area contributed by atoms with E-state index in [-0.39, 0.29) is 10.1 Å². The third-order valence-electron chi connectivity index (χ3n) is 5.01. The van der Waals surface area contributed by atoms with Crippen LogP contribution in [0, 0.1) is 12.8 Å². The lowest BCUT2D eigenvalue weighted by molar-refractivity contribution is -0.140. The monoisotopic (exact) mass is 419 g/mol. The number of carbonyl (C=O) groups is 1. The zero-order chi connectivity index (χ0) is 20.1. The first-order chi connectivity index (χ1) is 13.3. The molecule has 0 unspecified atom stereocenters. The van der Waals surface area contributed by atoms with Crippen LogP contribution in [0.1, 0.15) is 24.3 Å². The molecular formula is C18H17N3O5S2. The summed E-state index contributed by atoms with van der Waals surface area (Å²) in [4.78, 5) is 16.7. The average Bonchev–Trinajstić information content (AvgIpc) is 3.06. The van der Waals surface area contributed by atoms with Gasteiger partial charge in [-0.2, -0.15) is 9.71 Å². The van der Waals surface area contributed by atoms with Crippen LogP contribution in [-0.2, 0) is 14.8 Å². The first kappa shape index (κ1) is 18.8. The van der Waals surface area contributed by atoms with Crippen molar-refractivity contribution >= 4 is 27.3 Å². The van der Waals surface area contributed by atoms with E-state index in [1.807, 2.05) is 18.2 Å². The van der Waals surface area contributed by atoms with Crippen LogP contribution < -0.4 is 4.72 Å². The number of benzene rings is 1. The van der Waals surface area contributed by atoms with Gasteiger partial charge in [0.2, 0.25) is 11.7 Å². The van der Waals surface area contributed by atoms with Crippen molar-refractivity contribution in [3.05, 3.63) is 53.9 Å². The van der Waals surface area contributed by atoms with Crippen LogP contribution in [0.2, 0.25) is 0 Å². The summed E-state index contributed by atoms with van der Waals surface area (Å²) >= 11 is 0.956. The van der Waals surface area contributed by atoms with Gasteiger partial charge in [0, 0.05) is 12.8 Å². The van der Waals surface area contributed by atoms with Crippen molar-refractivity contribution in [3.63, 3.8) is 0 Å². The Morgan fingerprint density at radius 2 is 1.96 bits per heavy atom. The highest BCUT2D eigenvalue weighted by Gasteiger charge is 2.70. The molecule has 8 nitrogen and oxygen atoms in total. The van der Waals surface area contributed by atoms with Crippen LogP contribution in [0.3, 0.4) is 0 Å². The van der Waals surface area contributed by atoms with E-state index in [2.05, 4.69) is 14.9 Å². The number of thiophene rings is 1. The second-order valence-corrected chi connectivity index (χ2v) is 9.71. The highest BCUT2D eigenvalue weighted by atomic mass is 32.2. The van der Waals surface area contributed by atoms with Crippen molar-refractivity contribution in [2.45, 2.75) is 29.5 Å². The molecule has 2 heterocycles. The van der Waals surface area contributed by atoms with Crippen molar-refractivity contribution in [1.29, 1.82) is 0 Å². The van der Waals surface area contributed by atoms with Gasteiger partial charge in [0.05, 0.1) is 4.88 Å². The van der Waals surface area contributed by atoms with Gasteiger partial charge in [-0.15, -0.1) is 11.3 Å². The molecule has 4 rings (SSSR count). The lowest BCUT2D eigenvalue weighted by atomic mass is 10.1. The molecule has 28 heavy (non-hydrogen) atoms. The van der Waals surface area contributed by atoms with Crippen molar-refractivity contribution < 1.29 is 22.8 Å². The molecule has 3 atom stereocenters. The third-order valence-corrected chi connectivity index (χ3v) is 8.07. The highest BCUT2D eigenvalue weighted by molar-refractivity contribution is 7.91. The Bertz CT molecular complexity index is 1140. The number of carboxylic acids is 1. The first-order valence-corrected chi connectivity index (χ1v) is 10.8. The Kier molecular flexibility index (Phi) is 4.36. The van der Waals surface area contributed by atoms with Gasteiger partial charge >= 0.3 is 5.97 Å². The molecule has 0 saturated heterocycles. The summed E-state index contributed by atoms with van der Waals surface area (Å²) in [5.41, 5.74) is -0.790. The van der Waals surface area contributed by atoms with Gasteiger partial charge in [-0.25, -0.2) is 8.42 Å². The summed E-state index contributed by atoms with van der Waals surface area (Å²) < 4.78 is 33.2. The van der Waals surface area contributed by atoms with E-state index in [9.17, 15) is 18.3 Å². The topological polar surface area (TPSA) is 122 Å². The molecule has 1 aromatic carbocycles. The Morgan fingerprint density at radius 1 is 1.25 bits per heavy atom. The van der Waals surface area contributed by atoms with Crippen LogP contribution in [-0.4, -0.2) is 35.2 Å². The lowest BCUT2D eigenvalue weighted by Crippen LogP contribution is -2.45. The van der Waals surface area contributed by atoms with Crippen molar-refractivity contribution in [1.82, 2.24) is 14.9 Å². The molecule has 1 fully saturated rings. The number of carboxylic acid groups (broad SMARTS) is 1. The van der Waals surface area contributed by atoms with Gasteiger partial charge in [-0.1, -0.05) is 42.4 Å². The van der Waals surface area contributed by atoms with E-state index in [0.29, 0.717) is 16.6 Å². The average molecular weight is 419 g/mol. The Hall–Kier alpha value is -2.56.